The van der Waals surface area contributed by atoms with Crippen LogP contribution in [0.15, 0.2) is 0 Å². The van der Waals surface area contributed by atoms with Gasteiger partial charge in [-0.15, -0.1) is 0 Å². The van der Waals surface area contributed by atoms with E-state index in [2.05, 4.69) is 77.3 Å². The van der Waals surface area contributed by atoms with Crippen molar-refractivity contribution in [3.05, 3.63) is 0 Å². The summed E-state index contributed by atoms with van der Waals surface area (Å²) < 4.78 is 26.4. The molecule has 0 fully saturated rings. The Labute approximate surface area is 180 Å². The molecule has 0 aliphatic carbocycles. The highest BCUT2D eigenvalue weighted by Crippen LogP contribution is 2.29. The average Bonchev–Trinajstić information content (AvgIpc) is 2.28. The molecule has 0 aliphatic heterocycles. The zero-order valence-electron chi connectivity index (χ0n) is 20.6. The highest BCUT2D eigenvalue weighted by molar-refractivity contribution is 6.90. The number of rotatable bonds is 14. The lowest BCUT2D eigenvalue weighted by molar-refractivity contribution is 0.292. The minimum absolute atomic E-state index is 0.170. The van der Waals surface area contributed by atoms with Crippen LogP contribution in [0.3, 0.4) is 0 Å². The predicted octanol–water partition coefficient (Wildman–Crippen LogP) is 4.53. The van der Waals surface area contributed by atoms with E-state index in [0.717, 1.165) is 25.6 Å². The van der Waals surface area contributed by atoms with E-state index in [1.807, 2.05) is 6.92 Å². The van der Waals surface area contributed by atoms with Crippen LogP contribution in [0.25, 0.3) is 0 Å². The lowest BCUT2D eigenvalue weighted by atomic mass is 10.3. The molecule has 0 saturated heterocycles. The molecule has 1 unspecified atom stereocenters. The minimum atomic E-state index is -2.45. The van der Waals surface area contributed by atoms with Gasteiger partial charge in [-0.2, -0.15) is 0 Å². The summed E-state index contributed by atoms with van der Waals surface area (Å²) in [6, 6.07) is 1.10. The Morgan fingerprint density at radius 3 is 1.43 bits per heavy atom. The van der Waals surface area contributed by atoms with Crippen LogP contribution in [0.5, 0.6) is 0 Å². The van der Waals surface area contributed by atoms with Crippen molar-refractivity contribution in [2.45, 2.75) is 97.4 Å². The molecule has 6 nitrogen and oxygen atoms in total. The normalized spacial score (nSPS) is 15.8. The second-order valence-electron chi connectivity index (χ2n) is 10.9. The molecule has 28 heavy (non-hydrogen) atoms. The Balaban J connectivity index is 5.23. The molecule has 0 saturated carbocycles. The van der Waals surface area contributed by atoms with Gasteiger partial charge in [0.25, 0.3) is 0 Å². The molecule has 0 amide bonds. The first-order valence-corrected chi connectivity index (χ1v) is 25.5. The molecule has 3 N–H and O–H groups in total. The maximum atomic E-state index is 6.77. The maximum absolute atomic E-state index is 6.77. The van der Waals surface area contributed by atoms with Crippen LogP contribution in [0.2, 0.25) is 78.1 Å². The smallest absolute Gasteiger partial charge is 0.317 e. The summed E-state index contributed by atoms with van der Waals surface area (Å²) in [4.78, 5) is 0. The Kier molecular flexibility index (Phi) is 11.3. The van der Waals surface area contributed by atoms with Crippen LogP contribution in [-0.2, 0) is 16.5 Å². The van der Waals surface area contributed by atoms with Crippen LogP contribution in [-0.4, -0.2) is 61.4 Å². The van der Waals surface area contributed by atoms with Crippen molar-refractivity contribution in [1.82, 2.24) is 5.32 Å². The number of hydrogen-bond donors (Lipinski definition) is 2. The summed E-state index contributed by atoms with van der Waals surface area (Å²) in [6.45, 7) is 27.9. The zero-order valence-corrected chi connectivity index (χ0v) is 25.6. The van der Waals surface area contributed by atoms with Crippen LogP contribution in [0.4, 0.5) is 0 Å². The van der Waals surface area contributed by atoms with Crippen molar-refractivity contribution in [3.8, 4) is 0 Å². The van der Waals surface area contributed by atoms with E-state index in [9.17, 15) is 0 Å². The molecule has 0 aromatic carbocycles. The van der Waals surface area contributed by atoms with Crippen molar-refractivity contribution < 1.29 is 16.5 Å². The molecule has 0 rings (SSSR count). The Morgan fingerprint density at radius 2 is 1.11 bits per heavy atom. The largest absolute Gasteiger partial charge is 0.437 e. The minimum Gasteiger partial charge on any atom is -0.437 e. The molecule has 11 heteroatoms. The lowest BCUT2D eigenvalue weighted by Gasteiger charge is -2.43. The first-order chi connectivity index (χ1) is 12.2. The van der Waals surface area contributed by atoms with Crippen LogP contribution < -0.4 is 11.1 Å². The van der Waals surface area contributed by atoms with Gasteiger partial charge in [0.15, 0.2) is 16.6 Å². The molecule has 0 spiro atoms. The van der Waals surface area contributed by atoms with E-state index in [0.29, 0.717) is 0 Å². The fourth-order valence-corrected chi connectivity index (χ4v) is 26.9. The van der Waals surface area contributed by atoms with Crippen LogP contribution in [0.1, 0.15) is 13.3 Å². The highest BCUT2D eigenvalue weighted by atomic mass is 28.5. The van der Waals surface area contributed by atoms with E-state index in [4.69, 9.17) is 22.2 Å². The van der Waals surface area contributed by atoms with E-state index in [1.165, 1.54) is 0 Å². The number of nitrogens with one attached hydrogen (secondary N) is 1. The van der Waals surface area contributed by atoms with Gasteiger partial charge in [-0.25, -0.2) is 0 Å². The Bertz CT molecular complexity index is 435. The molecule has 0 bridgehead atoms. The van der Waals surface area contributed by atoms with Gasteiger partial charge in [0.05, 0.1) is 0 Å². The summed E-state index contributed by atoms with van der Waals surface area (Å²) in [7, 11) is -10.4. The average molecular weight is 485 g/mol. The summed E-state index contributed by atoms with van der Waals surface area (Å²) in [6.07, 6.45) is 1.00. The fourth-order valence-electron chi connectivity index (χ4n) is 3.54. The van der Waals surface area contributed by atoms with Gasteiger partial charge >= 0.3 is 25.7 Å². The van der Waals surface area contributed by atoms with Crippen LogP contribution >= 0.6 is 0 Å². The van der Waals surface area contributed by atoms with E-state index in [-0.39, 0.29) is 6.04 Å². The van der Waals surface area contributed by atoms with E-state index in [1.54, 1.807) is 0 Å². The second-order valence-corrected chi connectivity index (χ2v) is 30.9. The van der Waals surface area contributed by atoms with E-state index >= 15 is 0 Å². The van der Waals surface area contributed by atoms with Gasteiger partial charge in [-0.3, -0.25) is 0 Å². The van der Waals surface area contributed by atoms with Gasteiger partial charge in [0.1, 0.15) is 0 Å². The van der Waals surface area contributed by atoms with Gasteiger partial charge in [-0.1, -0.05) is 0 Å². The third kappa shape index (κ3) is 15.7. The van der Waals surface area contributed by atoms with Crippen molar-refractivity contribution in [1.29, 1.82) is 0 Å². The molecular formula is C17H48N2O4Si5. The SMILES string of the molecule is CC(N)CNCCC[Si](C)(O[Si](C)(C)O[Si](C)(C)C)O[Si](C)(C)O[Si](C)(C)C. The zero-order chi connectivity index (χ0) is 22.4. The van der Waals surface area contributed by atoms with Crippen LogP contribution in [0, 0.1) is 0 Å². The maximum Gasteiger partial charge on any atom is 0.317 e. The summed E-state index contributed by atoms with van der Waals surface area (Å²) >= 11 is 0. The predicted molar refractivity (Wildman–Crippen MR) is 134 cm³/mol. The number of nitrogens with two attached hydrogens (primary N) is 1. The molecule has 0 aliphatic rings. The molecule has 170 valence electrons. The first kappa shape index (κ1) is 28.8. The third-order valence-electron chi connectivity index (χ3n) is 3.48. The van der Waals surface area contributed by atoms with Crippen molar-refractivity contribution in [3.63, 3.8) is 0 Å². The topological polar surface area (TPSA) is 75.0 Å². The fraction of sp³-hybridized carbons (Fsp3) is 1.00. The van der Waals surface area contributed by atoms with E-state index < -0.39 is 42.3 Å². The first-order valence-electron chi connectivity index (χ1n) is 10.5. The van der Waals surface area contributed by atoms with Crippen molar-refractivity contribution in [2.24, 2.45) is 5.73 Å². The third-order valence-corrected chi connectivity index (χ3v) is 21.0. The van der Waals surface area contributed by atoms with Gasteiger partial charge < -0.3 is 27.5 Å². The standard InChI is InChI=1S/C17H48N2O4Si5/c1-17(18)16-19-14-13-15-28(12,22-26(8,9)20-24(2,3)4)23-27(10,11)21-25(5,6)7/h17,19H,13-16,18H2,1-12H3. The van der Waals surface area contributed by atoms with Gasteiger partial charge in [0, 0.05) is 12.6 Å². The number of hydrogen-bond acceptors (Lipinski definition) is 6. The van der Waals surface area contributed by atoms with Gasteiger partial charge in [-0.05, 0) is 98.0 Å². The summed E-state index contributed by atoms with van der Waals surface area (Å²) in [5, 5.41) is 3.42. The molecule has 0 aromatic rings. The summed E-state index contributed by atoms with van der Waals surface area (Å²) in [5.41, 5.74) is 5.83. The van der Waals surface area contributed by atoms with Gasteiger partial charge in [0.2, 0.25) is 0 Å². The molecular weight excluding hydrogens is 437 g/mol. The Morgan fingerprint density at radius 1 is 0.714 bits per heavy atom. The second kappa shape index (κ2) is 10.9. The Hall–Kier alpha value is 0.844. The van der Waals surface area contributed by atoms with Crippen molar-refractivity contribution >= 4 is 42.3 Å². The summed E-state index contributed by atoms with van der Waals surface area (Å²) in [5.74, 6) is 0. The monoisotopic (exact) mass is 484 g/mol. The lowest BCUT2D eigenvalue weighted by Crippen LogP contribution is -2.59. The highest BCUT2D eigenvalue weighted by Gasteiger charge is 2.46. The molecule has 0 aromatic heterocycles. The molecule has 1 atom stereocenters. The molecule has 0 radical (unpaired) electrons. The molecule has 0 heterocycles. The quantitative estimate of drug-likeness (QED) is 0.279. The van der Waals surface area contributed by atoms with Crippen molar-refractivity contribution in [2.75, 3.05) is 13.1 Å².